The van der Waals surface area contributed by atoms with Crippen molar-refractivity contribution >= 4 is 35.0 Å². The number of hydrogen-bond acceptors (Lipinski definition) is 3. The van der Waals surface area contributed by atoms with E-state index in [0.29, 0.717) is 36.6 Å². The fourth-order valence-corrected chi connectivity index (χ4v) is 4.16. The van der Waals surface area contributed by atoms with Crippen LogP contribution in [0.3, 0.4) is 0 Å². The second-order valence-electron chi connectivity index (χ2n) is 8.98. The Morgan fingerprint density at radius 2 is 1.36 bits per heavy atom. The first kappa shape index (κ1) is 24.8. The van der Waals surface area contributed by atoms with E-state index in [2.05, 4.69) is 21.3 Å². The molecule has 1 aliphatic rings. The van der Waals surface area contributed by atoms with Crippen molar-refractivity contribution in [1.29, 1.82) is 0 Å². The van der Waals surface area contributed by atoms with Gasteiger partial charge in [-0.3, -0.25) is 4.79 Å². The minimum Gasteiger partial charge on any atom is -0.338 e. The smallest absolute Gasteiger partial charge is 0.323 e. The first-order valence-corrected chi connectivity index (χ1v) is 12.1. The maximum Gasteiger partial charge on any atom is 0.323 e. The molecule has 4 N–H and O–H groups in total. The van der Waals surface area contributed by atoms with Crippen molar-refractivity contribution in [3.8, 4) is 0 Å². The highest BCUT2D eigenvalue weighted by molar-refractivity contribution is 6.00. The van der Waals surface area contributed by atoms with Gasteiger partial charge >= 0.3 is 12.1 Å². The summed E-state index contributed by atoms with van der Waals surface area (Å²) in [5, 5.41) is 11.3. The van der Waals surface area contributed by atoms with Crippen LogP contribution in [0.5, 0.6) is 0 Å². The second-order valence-corrected chi connectivity index (χ2v) is 8.98. The van der Waals surface area contributed by atoms with E-state index >= 15 is 0 Å². The zero-order valence-corrected chi connectivity index (χ0v) is 20.3. The molecule has 3 aromatic rings. The molecule has 1 aliphatic heterocycles. The predicted molar refractivity (Wildman–Crippen MR) is 142 cm³/mol. The van der Waals surface area contributed by atoms with E-state index in [1.165, 1.54) is 0 Å². The largest absolute Gasteiger partial charge is 0.338 e. The number of piperidine rings is 1. The molecule has 0 aliphatic carbocycles. The highest BCUT2D eigenvalue weighted by atomic mass is 16.2. The average molecular weight is 486 g/mol. The molecule has 1 unspecified atom stereocenters. The van der Waals surface area contributed by atoms with Gasteiger partial charge in [0, 0.05) is 42.3 Å². The summed E-state index contributed by atoms with van der Waals surface area (Å²) in [6.07, 6.45) is 1.84. The highest BCUT2D eigenvalue weighted by Crippen LogP contribution is 2.20. The van der Waals surface area contributed by atoms with Crippen molar-refractivity contribution in [2.24, 2.45) is 5.92 Å². The van der Waals surface area contributed by atoms with Crippen molar-refractivity contribution in [2.75, 3.05) is 35.6 Å². The fourth-order valence-electron chi connectivity index (χ4n) is 4.16. The molecule has 0 radical (unpaired) electrons. The molecule has 8 heteroatoms. The molecule has 0 aromatic heterocycles. The summed E-state index contributed by atoms with van der Waals surface area (Å²) in [6, 6.07) is 23.1. The van der Waals surface area contributed by atoms with Gasteiger partial charge in [0.05, 0.1) is 0 Å². The van der Waals surface area contributed by atoms with E-state index in [9.17, 15) is 14.4 Å². The van der Waals surface area contributed by atoms with Crippen LogP contribution in [0.15, 0.2) is 78.9 Å². The number of nitrogens with one attached hydrogen (secondary N) is 4. The summed E-state index contributed by atoms with van der Waals surface area (Å²) < 4.78 is 0. The zero-order chi connectivity index (χ0) is 25.3. The molecule has 3 aromatic carbocycles. The molecule has 1 heterocycles. The van der Waals surface area contributed by atoms with Gasteiger partial charge in [0.2, 0.25) is 0 Å². The Morgan fingerprint density at radius 3 is 2.03 bits per heavy atom. The van der Waals surface area contributed by atoms with E-state index in [4.69, 9.17) is 0 Å². The molecule has 1 saturated heterocycles. The summed E-state index contributed by atoms with van der Waals surface area (Å²) in [7, 11) is 0. The van der Waals surface area contributed by atoms with Gasteiger partial charge in [-0.15, -0.1) is 0 Å². The number of benzene rings is 3. The first-order chi connectivity index (χ1) is 17.5. The number of nitrogens with zero attached hydrogens (tertiary/aromatic N) is 1. The predicted octanol–water partition coefficient (Wildman–Crippen LogP) is 5.31. The Balaban J connectivity index is 1.24. The van der Waals surface area contributed by atoms with Crippen molar-refractivity contribution in [3.05, 3.63) is 90.0 Å². The van der Waals surface area contributed by atoms with E-state index in [0.717, 1.165) is 24.1 Å². The Morgan fingerprint density at radius 1 is 0.778 bits per heavy atom. The number of carbonyl (C=O) groups excluding carboxylic acids is 3. The third-order valence-electron chi connectivity index (χ3n) is 6.09. The summed E-state index contributed by atoms with van der Waals surface area (Å²) in [5.74, 6) is 0.137. The monoisotopic (exact) mass is 485 g/mol. The highest BCUT2D eigenvalue weighted by Gasteiger charge is 2.25. The van der Waals surface area contributed by atoms with Gasteiger partial charge in [0.1, 0.15) is 0 Å². The quantitative estimate of drug-likeness (QED) is 0.380. The third-order valence-corrected chi connectivity index (χ3v) is 6.09. The Labute approximate surface area is 211 Å². The average Bonchev–Trinajstić information content (AvgIpc) is 2.89. The molecule has 1 atom stereocenters. The van der Waals surface area contributed by atoms with Gasteiger partial charge in [-0.05, 0) is 74.2 Å². The van der Waals surface area contributed by atoms with Crippen molar-refractivity contribution < 1.29 is 14.4 Å². The number of aryl methyl sites for hydroxylation is 1. The molecule has 186 valence electrons. The van der Waals surface area contributed by atoms with Crippen LogP contribution >= 0.6 is 0 Å². The van der Waals surface area contributed by atoms with Gasteiger partial charge in [-0.1, -0.05) is 35.9 Å². The second kappa shape index (κ2) is 11.9. The van der Waals surface area contributed by atoms with Crippen LogP contribution in [0, 0.1) is 12.8 Å². The summed E-state index contributed by atoms with van der Waals surface area (Å²) in [5.41, 5.74) is 3.74. The maximum absolute atomic E-state index is 13.1. The number of hydrogen-bond donors (Lipinski definition) is 4. The molecule has 36 heavy (non-hydrogen) atoms. The minimum atomic E-state index is -0.349. The number of likely N-dealkylation sites (tertiary alicyclic amines) is 1. The maximum atomic E-state index is 13.1. The van der Waals surface area contributed by atoms with Gasteiger partial charge in [-0.2, -0.15) is 0 Å². The lowest BCUT2D eigenvalue weighted by Crippen LogP contribution is -2.44. The lowest BCUT2D eigenvalue weighted by atomic mass is 9.97. The lowest BCUT2D eigenvalue weighted by Gasteiger charge is -2.33. The minimum absolute atomic E-state index is 0.0518. The number of urea groups is 2. The lowest BCUT2D eigenvalue weighted by molar-refractivity contribution is 0.0675. The zero-order valence-electron chi connectivity index (χ0n) is 20.3. The molecule has 1 fully saturated rings. The number of anilines is 3. The molecule has 5 amide bonds. The van der Waals surface area contributed by atoms with Gasteiger partial charge in [0.15, 0.2) is 0 Å². The van der Waals surface area contributed by atoms with Crippen molar-refractivity contribution in [1.82, 2.24) is 10.2 Å². The van der Waals surface area contributed by atoms with Crippen LogP contribution in [-0.4, -0.2) is 42.5 Å². The number of amides is 5. The third kappa shape index (κ3) is 7.09. The molecule has 0 spiro atoms. The number of rotatable bonds is 6. The van der Waals surface area contributed by atoms with Crippen molar-refractivity contribution in [3.63, 3.8) is 0 Å². The normalized spacial score (nSPS) is 15.0. The van der Waals surface area contributed by atoms with Crippen molar-refractivity contribution in [2.45, 2.75) is 19.8 Å². The van der Waals surface area contributed by atoms with Crippen LogP contribution < -0.4 is 21.3 Å². The van der Waals surface area contributed by atoms with Gasteiger partial charge in [0.25, 0.3) is 5.91 Å². The Kier molecular flexibility index (Phi) is 8.18. The Hall–Kier alpha value is -4.33. The van der Waals surface area contributed by atoms with Gasteiger partial charge < -0.3 is 26.2 Å². The molecular formula is C28H31N5O3. The first-order valence-electron chi connectivity index (χ1n) is 12.1. The molecule has 0 saturated carbocycles. The van der Waals surface area contributed by atoms with Crippen LogP contribution in [-0.2, 0) is 0 Å². The molecular weight excluding hydrogens is 454 g/mol. The molecule has 8 nitrogen and oxygen atoms in total. The summed E-state index contributed by atoms with van der Waals surface area (Å²) >= 11 is 0. The number of carbonyl (C=O) groups is 3. The fraction of sp³-hybridized carbons (Fsp3) is 0.250. The molecule has 0 bridgehead atoms. The standard InChI is InChI=1S/C28H31N5O3/c1-20-9-13-24(14-10-20)30-27(35)29-18-21-6-5-17-33(19-21)26(34)22-11-15-25(16-12-22)32-28(36)31-23-7-3-2-4-8-23/h2-4,7-16,21H,5-6,17-19H2,1H3,(H2,29,30,35)(H2,31,32,36). The summed E-state index contributed by atoms with van der Waals surface area (Å²) in [4.78, 5) is 39.3. The van der Waals surface area contributed by atoms with E-state index < -0.39 is 0 Å². The summed E-state index contributed by atoms with van der Waals surface area (Å²) in [6.45, 7) is 3.77. The van der Waals surface area contributed by atoms with Crippen LogP contribution in [0.2, 0.25) is 0 Å². The van der Waals surface area contributed by atoms with Crippen LogP contribution in [0.1, 0.15) is 28.8 Å². The van der Waals surface area contributed by atoms with E-state index in [-0.39, 0.29) is 23.9 Å². The molecule has 4 rings (SSSR count). The SMILES string of the molecule is Cc1ccc(NC(=O)NCC2CCCN(C(=O)c3ccc(NC(=O)Nc4ccccc4)cc3)C2)cc1. The van der Waals surface area contributed by atoms with Crippen LogP contribution in [0.25, 0.3) is 0 Å². The van der Waals surface area contributed by atoms with E-state index in [1.54, 1.807) is 36.4 Å². The number of para-hydroxylation sites is 1. The Bertz CT molecular complexity index is 1180. The van der Waals surface area contributed by atoms with Gasteiger partial charge in [-0.25, -0.2) is 9.59 Å². The van der Waals surface area contributed by atoms with Crippen LogP contribution in [0.4, 0.5) is 26.7 Å². The van der Waals surface area contributed by atoms with E-state index in [1.807, 2.05) is 54.3 Å². The topological polar surface area (TPSA) is 103 Å².